The Balaban J connectivity index is 1.33. The van der Waals surface area contributed by atoms with Gasteiger partial charge in [0.05, 0.1) is 34.0 Å². The number of benzene rings is 4. The van der Waals surface area contributed by atoms with E-state index < -0.39 is 23.8 Å². The summed E-state index contributed by atoms with van der Waals surface area (Å²) >= 11 is 0. The SMILES string of the molecule is COc1cc(C(=O)C(=O)N2C[C@H](OC/C=C/c3ccccc3)C[C@H]2C(=O)NC(CCCc2ccccc2)CCCc2ccccc2)cc(OC)c1OC. The summed E-state index contributed by atoms with van der Waals surface area (Å²) in [5, 5.41) is 3.29. The molecule has 1 aliphatic heterocycles. The van der Waals surface area contributed by atoms with Crippen molar-refractivity contribution in [2.24, 2.45) is 0 Å². The molecule has 4 aromatic rings. The second kappa shape index (κ2) is 20.0. The average Bonchev–Trinajstić information content (AvgIpc) is 3.64. The molecule has 1 heterocycles. The number of ether oxygens (including phenoxy) is 4. The van der Waals surface area contributed by atoms with Gasteiger partial charge >= 0.3 is 0 Å². The first-order valence-electron chi connectivity index (χ1n) is 18.3. The topological polar surface area (TPSA) is 103 Å². The summed E-state index contributed by atoms with van der Waals surface area (Å²) in [5.74, 6) is -1.06. The third kappa shape index (κ3) is 11.0. The molecule has 53 heavy (non-hydrogen) atoms. The summed E-state index contributed by atoms with van der Waals surface area (Å²) in [6, 6.07) is 32.4. The van der Waals surface area contributed by atoms with E-state index in [1.807, 2.05) is 78.9 Å². The summed E-state index contributed by atoms with van der Waals surface area (Å²) in [6.07, 6.45) is 8.84. The van der Waals surface area contributed by atoms with E-state index in [2.05, 4.69) is 29.6 Å². The molecule has 0 bridgehead atoms. The first-order valence-corrected chi connectivity index (χ1v) is 18.3. The maximum atomic E-state index is 14.2. The van der Waals surface area contributed by atoms with Gasteiger partial charge < -0.3 is 29.2 Å². The van der Waals surface area contributed by atoms with Gasteiger partial charge in [-0.2, -0.15) is 0 Å². The number of hydrogen-bond acceptors (Lipinski definition) is 7. The Morgan fingerprint density at radius 1 is 0.774 bits per heavy atom. The van der Waals surface area contributed by atoms with E-state index in [1.165, 1.54) is 49.5 Å². The number of methoxy groups -OCH3 is 3. The molecular formula is C44H50N2O7. The zero-order valence-corrected chi connectivity index (χ0v) is 30.9. The maximum absolute atomic E-state index is 14.2. The number of carbonyl (C=O) groups is 3. The zero-order valence-electron chi connectivity index (χ0n) is 30.9. The minimum absolute atomic E-state index is 0.0681. The van der Waals surface area contributed by atoms with Crippen molar-refractivity contribution in [3.8, 4) is 17.2 Å². The second-order valence-corrected chi connectivity index (χ2v) is 13.2. The molecule has 278 valence electrons. The molecule has 1 fully saturated rings. The highest BCUT2D eigenvalue weighted by Crippen LogP contribution is 2.38. The van der Waals surface area contributed by atoms with Crippen molar-refractivity contribution in [2.45, 2.75) is 63.1 Å². The van der Waals surface area contributed by atoms with E-state index in [4.69, 9.17) is 18.9 Å². The van der Waals surface area contributed by atoms with Crippen LogP contribution in [0.2, 0.25) is 0 Å². The van der Waals surface area contributed by atoms with Crippen LogP contribution in [0.15, 0.2) is 109 Å². The lowest BCUT2D eigenvalue weighted by Gasteiger charge is -2.26. The first kappa shape index (κ1) is 38.8. The molecule has 2 atom stereocenters. The average molecular weight is 719 g/mol. The van der Waals surface area contributed by atoms with Gasteiger partial charge in [-0.1, -0.05) is 103 Å². The van der Waals surface area contributed by atoms with E-state index in [0.717, 1.165) is 44.1 Å². The molecule has 0 saturated carbocycles. The Labute approximate surface area is 312 Å². The predicted octanol–water partition coefficient (Wildman–Crippen LogP) is 7.13. The fourth-order valence-corrected chi connectivity index (χ4v) is 6.78. The van der Waals surface area contributed by atoms with Gasteiger partial charge in [0.1, 0.15) is 6.04 Å². The van der Waals surface area contributed by atoms with Crippen LogP contribution in [-0.2, 0) is 27.2 Å². The highest BCUT2D eigenvalue weighted by atomic mass is 16.5. The van der Waals surface area contributed by atoms with Gasteiger partial charge in [0, 0.05) is 24.6 Å². The van der Waals surface area contributed by atoms with E-state index in [1.54, 1.807) is 0 Å². The van der Waals surface area contributed by atoms with Gasteiger partial charge in [-0.05, 0) is 67.3 Å². The minimum Gasteiger partial charge on any atom is -0.493 e. The van der Waals surface area contributed by atoms with Gasteiger partial charge in [-0.15, -0.1) is 0 Å². The standard InChI is InChI=1S/C44H50N2O7/c1-50-39-28-35(29-40(51-2)42(39)52-3)41(47)44(49)46-31-37(53-27-15-24-34-20-11-6-12-21-34)30-38(46)43(48)45-36(25-13-22-32-16-7-4-8-17-32)26-14-23-33-18-9-5-10-19-33/h4-12,15-21,24,28-29,36-38H,13-14,22-23,25-27,30-31H2,1-3H3,(H,45,48)/b24-15+/t37-,38+/m1/s1. The zero-order chi connectivity index (χ0) is 37.4. The Bertz CT molecular complexity index is 1730. The number of aryl methyl sites for hydroxylation is 2. The van der Waals surface area contributed by atoms with Crippen molar-refractivity contribution >= 4 is 23.7 Å². The normalized spacial score (nSPS) is 15.4. The molecule has 1 N–H and O–H groups in total. The lowest BCUT2D eigenvalue weighted by Crippen LogP contribution is -2.50. The highest BCUT2D eigenvalue weighted by molar-refractivity contribution is 6.43. The van der Waals surface area contributed by atoms with Crippen LogP contribution < -0.4 is 19.5 Å². The molecule has 0 radical (unpaired) electrons. The largest absolute Gasteiger partial charge is 0.493 e. The molecular weight excluding hydrogens is 668 g/mol. The Kier molecular flexibility index (Phi) is 14.6. The van der Waals surface area contributed by atoms with Crippen LogP contribution in [0.25, 0.3) is 6.08 Å². The van der Waals surface area contributed by atoms with Crippen molar-refractivity contribution in [1.82, 2.24) is 10.2 Å². The van der Waals surface area contributed by atoms with Gasteiger partial charge in [0.15, 0.2) is 11.5 Å². The number of Topliss-reactive ketones (excluding diaryl/α,β-unsaturated/α-hetero) is 1. The third-order valence-corrected chi connectivity index (χ3v) is 9.55. The van der Waals surface area contributed by atoms with Crippen molar-refractivity contribution < 1.29 is 33.3 Å². The van der Waals surface area contributed by atoms with Crippen LogP contribution in [0, 0.1) is 0 Å². The van der Waals surface area contributed by atoms with Gasteiger partial charge in [-0.25, -0.2) is 0 Å². The molecule has 1 aliphatic rings. The van der Waals surface area contributed by atoms with E-state index >= 15 is 0 Å². The quantitative estimate of drug-likeness (QED) is 0.0814. The molecule has 0 aliphatic carbocycles. The number of carbonyl (C=O) groups excluding carboxylic acids is 3. The van der Waals surface area contributed by atoms with Gasteiger partial charge in [-0.3, -0.25) is 14.4 Å². The van der Waals surface area contributed by atoms with Gasteiger partial charge in [0.25, 0.3) is 11.7 Å². The highest BCUT2D eigenvalue weighted by Gasteiger charge is 2.43. The second-order valence-electron chi connectivity index (χ2n) is 13.2. The number of hydrogen-bond donors (Lipinski definition) is 1. The smallest absolute Gasteiger partial charge is 0.295 e. The fraction of sp³-hybridized carbons (Fsp3) is 0.341. The van der Waals surface area contributed by atoms with Crippen molar-refractivity contribution in [3.05, 3.63) is 131 Å². The number of likely N-dealkylation sites (tertiary alicyclic amines) is 1. The minimum atomic E-state index is -0.887. The van der Waals surface area contributed by atoms with Crippen molar-refractivity contribution in [2.75, 3.05) is 34.5 Å². The maximum Gasteiger partial charge on any atom is 0.295 e. The molecule has 9 nitrogen and oxygen atoms in total. The predicted molar refractivity (Wildman–Crippen MR) is 206 cm³/mol. The van der Waals surface area contributed by atoms with Crippen LogP contribution >= 0.6 is 0 Å². The lowest BCUT2D eigenvalue weighted by molar-refractivity contribution is -0.135. The number of rotatable bonds is 19. The van der Waals surface area contributed by atoms with Crippen molar-refractivity contribution in [1.29, 1.82) is 0 Å². The van der Waals surface area contributed by atoms with E-state index in [-0.39, 0.29) is 42.0 Å². The molecule has 0 aromatic heterocycles. The molecule has 4 aromatic carbocycles. The Hall–Kier alpha value is -5.41. The summed E-state index contributed by atoms with van der Waals surface area (Å²) in [6.45, 7) is 0.386. The Morgan fingerprint density at radius 3 is 1.85 bits per heavy atom. The number of amides is 2. The van der Waals surface area contributed by atoms with Crippen LogP contribution in [0.4, 0.5) is 0 Å². The number of nitrogens with one attached hydrogen (secondary N) is 1. The molecule has 1 saturated heterocycles. The first-order chi connectivity index (χ1) is 25.9. The van der Waals surface area contributed by atoms with Gasteiger partial charge in [0.2, 0.25) is 11.7 Å². The monoisotopic (exact) mass is 718 g/mol. The van der Waals surface area contributed by atoms with Crippen LogP contribution in [0.3, 0.4) is 0 Å². The van der Waals surface area contributed by atoms with E-state index in [9.17, 15) is 14.4 Å². The Morgan fingerprint density at radius 2 is 1.32 bits per heavy atom. The third-order valence-electron chi connectivity index (χ3n) is 9.55. The van der Waals surface area contributed by atoms with Crippen molar-refractivity contribution in [3.63, 3.8) is 0 Å². The number of nitrogens with zero attached hydrogens (tertiary/aromatic N) is 1. The molecule has 2 amide bonds. The lowest BCUT2D eigenvalue weighted by atomic mass is 9.98. The molecule has 9 heteroatoms. The van der Waals surface area contributed by atoms with Crippen LogP contribution in [0.5, 0.6) is 17.2 Å². The van der Waals surface area contributed by atoms with Crippen LogP contribution in [-0.4, -0.2) is 75.2 Å². The fourth-order valence-electron chi connectivity index (χ4n) is 6.78. The molecule has 5 rings (SSSR count). The summed E-state index contributed by atoms with van der Waals surface area (Å²) in [5.41, 5.74) is 3.61. The molecule has 0 unspecified atom stereocenters. The van der Waals surface area contributed by atoms with Crippen LogP contribution in [0.1, 0.15) is 59.2 Å². The summed E-state index contributed by atoms with van der Waals surface area (Å²) in [4.78, 5) is 43.4. The molecule has 0 spiro atoms. The van der Waals surface area contributed by atoms with E-state index in [0.29, 0.717) is 12.4 Å². The summed E-state index contributed by atoms with van der Waals surface area (Å²) in [7, 11) is 4.35. The number of ketones is 1. The summed E-state index contributed by atoms with van der Waals surface area (Å²) < 4.78 is 22.4.